The minimum atomic E-state index is -0.0197. The molecule has 0 spiro atoms. The fourth-order valence-electron chi connectivity index (χ4n) is 3.31. The van der Waals surface area contributed by atoms with E-state index in [9.17, 15) is 5.11 Å². The molecule has 2 aliphatic rings. The number of rotatable bonds is 5. The van der Waals surface area contributed by atoms with Crippen molar-refractivity contribution in [1.82, 2.24) is 4.90 Å². The van der Waals surface area contributed by atoms with Crippen molar-refractivity contribution in [3.63, 3.8) is 0 Å². The zero-order valence-corrected chi connectivity index (χ0v) is 11.8. The maximum atomic E-state index is 9.74. The molecule has 2 fully saturated rings. The van der Waals surface area contributed by atoms with E-state index in [-0.39, 0.29) is 6.10 Å². The molecule has 94 valence electrons. The molecule has 16 heavy (non-hydrogen) atoms. The largest absolute Gasteiger partial charge is 0.393 e. The van der Waals surface area contributed by atoms with Gasteiger partial charge in [-0.25, -0.2) is 0 Å². The first-order chi connectivity index (χ1) is 7.70. The van der Waals surface area contributed by atoms with Gasteiger partial charge >= 0.3 is 0 Å². The molecule has 3 atom stereocenters. The van der Waals surface area contributed by atoms with Crippen LogP contribution in [0.5, 0.6) is 0 Å². The molecule has 0 aliphatic carbocycles. The number of halogens is 1. The van der Waals surface area contributed by atoms with E-state index < -0.39 is 0 Å². The topological polar surface area (TPSA) is 23.5 Å². The van der Waals surface area contributed by atoms with Crippen LogP contribution < -0.4 is 0 Å². The van der Waals surface area contributed by atoms with Gasteiger partial charge in [-0.3, -0.25) is 4.90 Å². The molecule has 3 heteroatoms. The summed E-state index contributed by atoms with van der Waals surface area (Å²) in [5.74, 6) is 0.825. The van der Waals surface area contributed by atoms with Gasteiger partial charge in [-0.05, 0) is 51.0 Å². The van der Waals surface area contributed by atoms with Gasteiger partial charge in [-0.15, -0.1) is 0 Å². The van der Waals surface area contributed by atoms with E-state index in [0.29, 0.717) is 12.1 Å². The van der Waals surface area contributed by atoms with Gasteiger partial charge in [0.25, 0.3) is 0 Å². The minimum absolute atomic E-state index is 0.0197. The summed E-state index contributed by atoms with van der Waals surface area (Å²) < 4.78 is 0. The van der Waals surface area contributed by atoms with E-state index >= 15 is 0 Å². The highest BCUT2D eigenvalue weighted by Crippen LogP contribution is 2.36. The van der Waals surface area contributed by atoms with Gasteiger partial charge in [-0.1, -0.05) is 22.9 Å². The molecule has 0 saturated carbocycles. The Kier molecular flexibility index (Phi) is 4.68. The van der Waals surface area contributed by atoms with Gasteiger partial charge in [0.1, 0.15) is 0 Å². The molecule has 0 aromatic heterocycles. The van der Waals surface area contributed by atoms with Crippen LogP contribution in [-0.4, -0.2) is 40.1 Å². The van der Waals surface area contributed by atoms with E-state index in [2.05, 4.69) is 27.8 Å². The zero-order valence-electron chi connectivity index (χ0n) is 10.2. The second-order valence-corrected chi connectivity index (χ2v) is 6.41. The Labute approximate surface area is 108 Å². The molecule has 0 aromatic carbocycles. The van der Waals surface area contributed by atoms with Gasteiger partial charge in [0.2, 0.25) is 0 Å². The summed E-state index contributed by atoms with van der Waals surface area (Å²) >= 11 is 3.51. The van der Waals surface area contributed by atoms with Crippen molar-refractivity contribution in [2.45, 2.75) is 63.6 Å². The molecule has 2 nitrogen and oxygen atoms in total. The highest BCUT2D eigenvalue weighted by molar-refractivity contribution is 9.09. The molecule has 2 saturated heterocycles. The van der Waals surface area contributed by atoms with Crippen LogP contribution in [-0.2, 0) is 0 Å². The Morgan fingerprint density at radius 2 is 1.88 bits per heavy atom. The Balaban J connectivity index is 1.78. The summed E-state index contributed by atoms with van der Waals surface area (Å²) in [5.41, 5.74) is 0. The summed E-state index contributed by atoms with van der Waals surface area (Å²) in [7, 11) is 0. The van der Waals surface area contributed by atoms with Crippen molar-refractivity contribution in [3.05, 3.63) is 0 Å². The minimum Gasteiger partial charge on any atom is -0.393 e. The lowest BCUT2D eigenvalue weighted by Crippen LogP contribution is -2.45. The van der Waals surface area contributed by atoms with Crippen LogP contribution in [0, 0.1) is 5.92 Å². The third-order valence-electron chi connectivity index (χ3n) is 4.34. The first-order valence-corrected chi connectivity index (χ1v) is 7.82. The van der Waals surface area contributed by atoms with Crippen molar-refractivity contribution < 1.29 is 5.11 Å². The van der Waals surface area contributed by atoms with E-state index in [1.165, 1.54) is 32.2 Å². The van der Waals surface area contributed by atoms with Crippen molar-refractivity contribution >= 4 is 15.9 Å². The fourth-order valence-corrected chi connectivity index (χ4v) is 4.09. The highest BCUT2D eigenvalue weighted by Gasteiger charge is 2.39. The van der Waals surface area contributed by atoms with E-state index in [1.54, 1.807) is 0 Å². The van der Waals surface area contributed by atoms with E-state index in [1.807, 2.05) is 0 Å². The Hall–Kier alpha value is 0.400. The van der Waals surface area contributed by atoms with Crippen LogP contribution in [0.15, 0.2) is 0 Å². The van der Waals surface area contributed by atoms with Gasteiger partial charge in [0.05, 0.1) is 6.10 Å². The lowest BCUT2D eigenvalue weighted by Gasteiger charge is -2.37. The molecule has 2 heterocycles. The molecule has 3 unspecified atom stereocenters. The quantitative estimate of drug-likeness (QED) is 0.787. The number of hydrogen-bond acceptors (Lipinski definition) is 2. The van der Waals surface area contributed by atoms with Crippen LogP contribution in [0.2, 0.25) is 0 Å². The van der Waals surface area contributed by atoms with Crippen molar-refractivity contribution in [2.75, 3.05) is 11.9 Å². The van der Waals surface area contributed by atoms with Gasteiger partial charge in [-0.2, -0.15) is 0 Å². The Morgan fingerprint density at radius 3 is 2.44 bits per heavy atom. The van der Waals surface area contributed by atoms with Gasteiger partial charge in [0, 0.05) is 17.4 Å². The first-order valence-electron chi connectivity index (χ1n) is 6.70. The number of alkyl halides is 1. The van der Waals surface area contributed by atoms with Crippen LogP contribution >= 0.6 is 15.9 Å². The molecule has 1 N–H and O–H groups in total. The van der Waals surface area contributed by atoms with Crippen molar-refractivity contribution in [1.29, 1.82) is 0 Å². The normalized spacial score (nSPS) is 36.6. The molecule has 2 aliphatic heterocycles. The molecular formula is C13H24BrNO. The monoisotopic (exact) mass is 289 g/mol. The lowest BCUT2D eigenvalue weighted by molar-refractivity contribution is 0.0329. The summed E-state index contributed by atoms with van der Waals surface area (Å²) in [6.45, 7) is 3.60. The first kappa shape index (κ1) is 12.8. The smallest absolute Gasteiger partial charge is 0.0570 e. The third kappa shape index (κ3) is 2.99. The average Bonchev–Trinajstić information content (AvgIpc) is 2.47. The maximum absolute atomic E-state index is 9.74. The molecular weight excluding hydrogens is 266 g/mol. The molecule has 0 radical (unpaired) electrons. The number of fused-ring (bicyclic) bond motifs is 2. The number of aliphatic hydroxyl groups excluding tert-OH is 1. The summed E-state index contributed by atoms with van der Waals surface area (Å²) in [6, 6.07) is 1.37. The van der Waals surface area contributed by atoms with Gasteiger partial charge in [0.15, 0.2) is 0 Å². The standard InChI is InChI=1S/C13H24BrNO/c1-10(4-6-14)5-7-15-11-2-3-12(15)9-13(16)8-11/h10-13,16H,2-9H2,1H3. The van der Waals surface area contributed by atoms with Crippen LogP contribution in [0.3, 0.4) is 0 Å². The zero-order chi connectivity index (χ0) is 11.5. The molecule has 0 aromatic rings. The molecule has 2 bridgehead atoms. The van der Waals surface area contributed by atoms with Crippen LogP contribution in [0.4, 0.5) is 0 Å². The SMILES string of the molecule is CC(CCBr)CCN1C2CCC1CC(O)C2. The van der Waals surface area contributed by atoms with Crippen molar-refractivity contribution in [3.8, 4) is 0 Å². The predicted octanol–water partition coefficient (Wildman–Crippen LogP) is 2.79. The van der Waals surface area contributed by atoms with E-state index in [4.69, 9.17) is 0 Å². The lowest BCUT2D eigenvalue weighted by atomic mass is 9.98. The summed E-state index contributed by atoms with van der Waals surface area (Å²) in [4.78, 5) is 2.68. The van der Waals surface area contributed by atoms with Crippen LogP contribution in [0.25, 0.3) is 0 Å². The van der Waals surface area contributed by atoms with E-state index in [0.717, 1.165) is 24.1 Å². The second-order valence-electron chi connectivity index (χ2n) is 5.62. The third-order valence-corrected chi connectivity index (χ3v) is 4.80. The Morgan fingerprint density at radius 1 is 1.25 bits per heavy atom. The van der Waals surface area contributed by atoms with Gasteiger partial charge < -0.3 is 5.11 Å². The predicted molar refractivity (Wildman–Crippen MR) is 70.9 cm³/mol. The Bertz CT molecular complexity index is 210. The molecule has 0 amide bonds. The van der Waals surface area contributed by atoms with Crippen LogP contribution in [0.1, 0.15) is 45.4 Å². The number of hydrogen-bond donors (Lipinski definition) is 1. The fraction of sp³-hybridized carbons (Fsp3) is 1.00. The average molecular weight is 290 g/mol. The number of piperidine rings is 1. The summed E-state index contributed by atoms with van der Waals surface area (Å²) in [6.07, 6.45) is 7.24. The van der Waals surface area contributed by atoms with Crippen molar-refractivity contribution in [2.24, 2.45) is 5.92 Å². The highest BCUT2D eigenvalue weighted by atomic mass is 79.9. The number of aliphatic hydroxyl groups is 1. The maximum Gasteiger partial charge on any atom is 0.0570 e. The number of nitrogens with zero attached hydrogens (tertiary/aromatic N) is 1. The summed E-state index contributed by atoms with van der Waals surface area (Å²) in [5, 5.41) is 10.9. The molecule has 2 rings (SSSR count). The second kappa shape index (κ2) is 5.83.